The number of pyridine rings is 1. The Balaban J connectivity index is 2.73. The first-order valence-corrected chi connectivity index (χ1v) is 4.10. The van der Waals surface area contributed by atoms with E-state index in [0.29, 0.717) is 23.6 Å². The summed E-state index contributed by atoms with van der Waals surface area (Å²) in [6.45, 7) is 0.452. The van der Waals surface area contributed by atoms with Crippen LogP contribution in [0.1, 0.15) is 18.1 Å². The lowest BCUT2D eigenvalue weighted by atomic mass is 10.1. The predicted molar refractivity (Wildman–Crippen MR) is 47.9 cm³/mol. The van der Waals surface area contributed by atoms with E-state index in [1.165, 1.54) is 6.20 Å². The van der Waals surface area contributed by atoms with Gasteiger partial charge in [-0.1, -0.05) is 11.6 Å². The van der Waals surface area contributed by atoms with E-state index in [9.17, 15) is 5.11 Å². The van der Waals surface area contributed by atoms with Crippen molar-refractivity contribution in [2.24, 2.45) is 5.73 Å². The number of aromatic nitrogens is 1. The second-order valence-corrected chi connectivity index (χ2v) is 2.97. The third kappa shape index (κ3) is 2.44. The van der Waals surface area contributed by atoms with Gasteiger partial charge in [-0.3, -0.25) is 4.98 Å². The van der Waals surface area contributed by atoms with Gasteiger partial charge in [-0.2, -0.15) is 0 Å². The Bertz CT molecular complexity index is 255. The molecule has 0 aromatic carbocycles. The molecule has 1 aromatic heterocycles. The Morgan fingerprint density at radius 1 is 1.58 bits per heavy atom. The molecule has 3 nitrogen and oxygen atoms in total. The van der Waals surface area contributed by atoms with Gasteiger partial charge >= 0.3 is 0 Å². The topological polar surface area (TPSA) is 59.1 Å². The number of halogens is 1. The van der Waals surface area contributed by atoms with Crippen molar-refractivity contribution in [1.82, 2.24) is 4.98 Å². The Labute approximate surface area is 76.2 Å². The second kappa shape index (κ2) is 4.40. The average Bonchev–Trinajstić information content (AvgIpc) is 2.05. The zero-order valence-corrected chi connectivity index (χ0v) is 7.33. The lowest BCUT2D eigenvalue weighted by molar-refractivity contribution is 0.170. The first-order chi connectivity index (χ1) is 5.74. The van der Waals surface area contributed by atoms with E-state index in [2.05, 4.69) is 4.98 Å². The lowest BCUT2D eigenvalue weighted by Gasteiger charge is -2.08. The molecule has 1 rings (SSSR count). The third-order valence-electron chi connectivity index (χ3n) is 1.55. The summed E-state index contributed by atoms with van der Waals surface area (Å²) in [4.78, 5) is 3.85. The van der Waals surface area contributed by atoms with Crippen LogP contribution in [0.15, 0.2) is 18.5 Å². The first kappa shape index (κ1) is 9.45. The van der Waals surface area contributed by atoms with Crippen LogP contribution in [0.3, 0.4) is 0 Å². The van der Waals surface area contributed by atoms with Gasteiger partial charge in [0.1, 0.15) is 0 Å². The first-order valence-electron chi connectivity index (χ1n) is 3.72. The minimum atomic E-state index is -0.554. The number of hydrogen-bond acceptors (Lipinski definition) is 3. The maximum Gasteiger partial charge on any atom is 0.0817 e. The molecule has 0 bridgehead atoms. The number of hydrogen-bond donors (Lipinski definition) is 2. The van der Waals surface area contributed by atoms with E-state index in [-0.39, 0.29) is 0 Å². The fraction of sp³-hybridized carbons (Fsp3) is 0.375. The zero-order chi connectivity index (χ0) is 8.97. The van der Waals surface area contributed by atoms with Gasteiger partial charge in [0.2, 0.25) is 0 Å². The van der Waals surface area contributed by atoms with Gasteiger partial charge in [0.15, 0.2) is 0 Å². The molecule has 0 radical (unpaired) electrons. The van der Waals surface area contributed by atoms with Gasteiger partial charge in [0.25, 0.3) is 0 Å². The Morgan fingerprint density at radius 2 is 2.33 bits per heavy atom. The monoisotopic (exact) mass is 186 g/mol. The summed E-state index contributed by atoms with van der Waals surface area (Å²) in [6.07, 6.45) is 3.09. The molecule has 1 atom stereocenters. The highest BCUT2D eigenvalue weighted by atomic mass is 35.5. The minimum absolute atomic E-state index is 0.452. The molecule has 0 fully saturated rings. The van der Waals surface area contributed by atoms with Crippen molar-refractivity contribution in [3.05, 3.63) is 29.0 Å². The van der Waals surface area contributed by atoms with E-state index in [0.717, 1.165) is 0 Å². The van der Waals surface area contributed by atoms with E-state index in [1.54, 1.807) is 12.3 Å². The SMILES string of the molecule is NCCC(O)c1cncc(Cl)c1. The van der Waals surface area contributed by atoms with Crippen molar-refractivity contribution in [3.8, 4) is 0 Å². The standard InChI is InChI=1S/C8H11ClN2O/c9-7-3-6(4-11-5-7)8(12)1-2-10/h3-5,8,12H,1-2,10H2. The van der Waals surface area contributed by atoms with E-state index < -0.39 is 6.10 Å². The largest absolute Gasteiger partial charge is 0.388 e. The molecule has 1 unspecified atom stereocenters. The third-order valence-corrected chi connectivity index (χ3v) is 1.76. The smallest absolute Gasteiger partial charge is 0.0817 e. The highest BCUT2D eigenvalue weighted by molar-refractivity contribution is 6.30. The second-order valence-electron chi connectivity index (χ2n) is 2.53. The highest BCUT2D eigenvalue weighted by Gasteiger charge is 2.06. The Kier molecular flexibility index (Phi) is 3.47. The average molecular weight is 187 g/mol. The van der Waals surface area contributed by atoms with E-state index >= 15 is 0 Å². The molecule has 0 aliphatic rings. The van der Waals surface area contributed by atoms with Gasteiger partial charge in [-0.25, -0.2) is 0 Å². The fourth-order valence-corrected chi connectivity index (χ4v) is 1.12. The number of aliphatic hydroxyl groups is 1. The number of rotatable bonds is 3. The van der Waals surface area contributed by atoms with Crippen LogP contribution in [-0.4, -0.2) is 16.6 Å². The van der Waals surface area contributed by atoms with Gasteiger partial charge in [0, 0.05) is 18.0 Å². The molecule has 0 spiro atoms. The van der Waals surface area contributed by atoms with Crippen molar-refractivity contribution in [1.29, 1.82) is 0 Å². The summed E-state index contributed by atoms with van der Waals surface area (Å²) in [5.41, 5.74) is 6.01. The summed E-state index contributed by atoms with van der Waals surface area (Å²) >= 11 is 5.68. The van der Waals surface area contributed by atoms with Gasteiger partial charge in [-0.15, -0.1) is 0 Å². The van der Waals surface area contributed by atoms with Crippen LogP contribution in [0, 0.1) is 0 Å². The molecule has 0 aliphatic heterocycles. The molecule has 0 amide bonds. The summed E-state index contributed by atoms with van der Waals surface area (Å²) in [7, 11) is 0. The summed E-state index contributed by atoms with van der Waals surface area (Å²) < 4.78 is 0. The van der Waals surface area contributed by atoms with Crippen molar-refractivity contribution in [3.63, 3.8) is 0 Å². The maximum absolute atomic E-state index is 9.47. The van der Waals surface area contributed by atoms with Crippen molar-refractivity contribution in [2.75, 3.05) is 6.54 Å². The van der Waals surface area contributed by atoms with Crippen molar-refractivity contribution < 1.29 is 5.11 Å². The fourth-order valence-electron chi connectivity index (χ4n) is 0.935. The molecule has 12 heavy (non-hydrogen) atoms. The highest BCUT2D eigenvalue weighted by Crippen LogP contribution is 2.17. The van der Waals surface area contributed by atoms with Crippen molar-refractivity contribution >= 4 is 11.6 Å². The van der Waals surface area contributed by atoms with Gasteiger partial charge in [0.05, 0.1) is 11.1 Å². The normalized spacial score (nSPS) is 12.9. The number of aliphatic hydroxyl groups excluding tert-OH is 1. The molecular weight excluding hydrogens is 176 g/mol. The number of nitrogens with two attached hydrogens (primary N) is 1. The Hall–Kier alpha value is -0.640. The molecule has 0 aliphatic carbocycles. The van der Waals surface area contributed by atoms with Crippen LogP contribution in [0.5, 0.6) is 0 Å². The zero-order valence-electron chi connectivity index (χ0n) is 6.57. The van der Waals surface area contributed by atoms with E-state index in [1.807, 2.05) is 0 Å². The molecule has 0 saturated heterocycles. The molecular formula is C8H11ClN2O. The van der Waals surface area contributed by atoms with E-state index in [4.69, 9.17) is 17.3 Å². The molecule has 1 aromatic rings. The Morgan fingerprint density at radius 3 is 2.92 bits per heavy atom. The molecule has 0 saturated carbocycles. The van der Waals surface area contributed by atoms with Crippen LogP contribution in [0.25, 0.3) is 0 Å². The summed E-state index contributed by atoms with van der Waals surface area (Å²) in [5, 5.41) is 10.00. The van der Waals surface area contributed by atoms with Gasteiger partial charge < -0.3 is 10.8 Å². The molecule has 1 heterocycles. The lowest BCUT2D eigenvalue weighted by Crippen LogP contribution is -2.06. The maximum atomic E-state index is 9.47. The summed E-state index contributed by atoms with van der Waals surface area (Å²) in [6, 6.07) is 1.69. The van der Waals surface area contributed by atoms with Crippen LogP contribution in [0.2, 0.25) is 5.02 Å². The van der Waals surface area contributed by atoms with Crippen molar-refractivity contribution in [2.45, 2.75) is 12.5 Å². The number of nitrogens with zero attached hydrogens (tertiary/aromatic N) is 1. The molecule has 3 N–H and O–H groups in total. The molecule has 4 heteroatoms. The van der Waals surface area contributed by atoms with Crippen LogP contribution < -0.4 is 5.73 Å². The predicted octanol–water partition coefficient (Wildman–Crippen LogP) is 1.12. The quantitative estimate of drug-likeness (QED) is 0.744. The van der Waals surface area contributed by atoms with Crippen LogP contribution in [0.4, 0.5) is 0 Å². The summed E-state index contributed by atoms with van der Waals surface area (Å²) in [5.74, 6) is 0. The van der Waals surface area contributed by atoms with Gasteiger partial charge in [-0.05, 0) is 19.0 Å². The minimum Gasteiger partial charge on any atom is -0.388 e. The molecule has 66 valence electrons. The van der Waals surface area contributed by atoms with Crippen LogP contribution >= 0.6 is 11.6 Å². The van der Waals surface area contributed by atoms with Crippen LogP contribution in [-0.2, 0) is 0 Å².